The molecule has 1 heterocycles. The van der Waals surface area contributed by atoms with E-state index in [-0.39, 0.29) is 5.91 Å². The van der Waals surface area contributed by atoms with Gasteiger partial charge in [-0.05, 0) is 36.8 Å². The van der Waals surface area contributed by atoms with Crippen LogP contribution < -0.4 is 10.2 Å². The Balaban J connectivity index is 2.16. The molecule has 5 heteroatoms. The fourth-order valence-corrected chi connectivity index (χ4v) is 2.80. The van der Waals surface area contributed by atoms with Crippen LogP contribution in [0.5, 0.6) is 0 Å². The molecule has 0 spiro atoms. The van der Waals surface area contributed by atoms with Crippen molar-refractivity contribution in [3.63, 3.8) is 0 Å². The molecule has 1 aliphatic rings. The van der Waals surface area contributed by atoms with E-state index in [9.17, 15) is 9.59 Å². The highest BCUT2D eigenvalue weighted by molar-refractivity contribution is 6.13. The van der Waals surface area contributed by atoms with Gasteiger partial charge in [-0.2, -0.15) is 0 Å². The average molecular weight is 310 g/mol. The lowest BCUT2D eigenvalue weighted by atomic mass is 10.1. The number of para-hydroxylation sites is 1. The second-order valence-electron chi connectivity index (χ2n) is 5.35. The molecule has 0 radical (unpaired) electrons. The van der Waals surface area contributed by atoms with Crippen LogP contribution in [0.15, 0.2) is 42.5 Å². The van der Waals surface area contributed by atoms with Gasteiger partial charge in [0.15, 0.2) is 0 Å². The molecule has 0 bridgehead atoms. The molecule has 1 N–H and O–H groups in total. The summed E-state index contributed by atoms with van der Waals surface area (Å²) in [5, 5.41) is 2.90. The number of anilines is 3. The number of fused-ring (bicyclic) bond motifs is 2. The van der Waals surface area contributed by atoms with Crippen molar-refractivity contribution >= 4 is 28.9 Å². The van der Waals surface area contributed by atoms with Gasteiger partial charge in [-0.25, -0.2) is 4.79 Å². The van der Waals surface area contributed by atoms with Gasteiger partial charge >= 0.3 is 5.97 Å². The number of nitrogens with one attached hydrogen (secondary N) is 1. The second-order valence-corrected chi connectivity index (χ2v) is 5.35. The summed E-state index contributed by atoms with van der Waals surface area (Å²) in [7, 11) is 1.34. The van der Waals surface area contributed by atoms with Gasteiger partial charge in [0.25, 0.3) is 5.91 Å². The highest BCUT2D eigenvalue weighted by atomic mass is 16.5. The maximum Gasteiger partial charge on any atom is 0.337 e. The number of nitrogens with zero attached hydrogens (tertiary/aromatic N) is 1. The summed E-state index contributed by atoms with van der Waals surface area (Å²) in [5.41, 5.74) is 3.39. The van der Waals surface area contributed by atoms with Crippen molar-refractivity contribution in [2.45, 2.75) is 13.3 Å². The molecule has 23 heavy (non-hydrogen) atoms. The maximum atomic E-state index is 12.5. The highest BCUT2D eigenvalue weighted by Gasteiger charge is 2.25. The fraction of sp³-hybridized carbons (Fsp3) is 0.222. The van der Waals surface area contributed by atoms with Crippen LogP contribution in [0.4, 0.5) is 17.1 Å². The minimum Gasteiger partial charge on any atom is -0.465 e. The molecule has 3 rings (SSSR count). The topological polar surface area (TPSA) is 58.6 Å². The Hall–Kier alpha value is -2.82. The summed E-state index contributed by atoms with van der Waals surface area (Å²) in [4.78, 5) is 26.4. The first-order valence-electron chi connectivity index (χ1n) is 7.56. The summed E-state index contributed by atoms with van der Waals surface area (Å²) in [6.45, 7) is 2.86. The third-order valence-electron chi connectivity index (χ3n) is 3.84. The van der Waals surface area contributed by atoms with E-state index in [1.807, 2.05) is 24.3 Å². The summed E-state index contributed by atoms with van der Waals surface area (Å²) in [6, 6.07) is 12.7. The van der Waals surface area contributed by atoms with E-state index in [1.54, 1.807) is 18.2 Å². The summed E-state index contributed by atoms with van der Waals surface area (Å²) >= 11 is 0. The Morgan fingerprint density at radius 1 is 1.17 bits per heavy atom. The number of benzene rings is 2. The van der Waals surface area contributed by atoms with Crippen molar-refractivity contribution in [2.24, 2.45) is 0 Å². The van der Waals surface area contributed by atoms with E-state index in [4.69, 9.17) is 4.74 Å². The minimum absolute atomic E-state index is 0.178. The zero-order valence-corrected chi connectivity index (χ0v) is 13.1. The molecule has 118 valence electrons. The molecule has 5 nitrogen and oxygen atoms in total. The number of carbonyl (C=O) groups excluding carboxylic acids is 2. The summed E-state index contributed by atoms with van der Waals surface area (Å²) < 4.78 is 4.76. The predicted molar refractivity (Wildman–Crippen MR) is 89.5 cm³/mol. The monoisotopic (exact) mass is 310 g/mol. The van der Waals surface area contributed by atoms with Crippen molar-refractivity contribution in [3.05, 3.63) is 53.6 Å². The van der Waals surface area contributed by atoms with E-state index < -0.39 is 5.97 Å². The van der Waals surface area contributed by atoms with Gasteiger partial charge < -0.3 is 15.0 Å². The molecule has 0 atom stereocenters. The molecule has 0 saturated carbocycles. The van der Waals surface area contributed by atoms with Crippen LogP contribution in [0.3, 0.4) is 0 Å². The van der Waals surface area contributed by atoms with E-state index >= 15 is 0 Å². The Morgan fingerprint density at radius 3 is 2.70 bits per heavy atom. The van der Waals surface area contributed by atoms with Crippen LogP contribution in [-0.2, 0) is 4.74 Å². The van der Waals surface area contributed by atoms with Crippen LogP contribution in [0.25, 0.3) is 0 Å². The molecule has 0 saturated heterocycles. The molecule has 2 aromatic rings. The van der Waals surface area contributed by atoms with Gasteiger partial charge in [0, 0.05) is 6.54 Å². The minimum atomic E-state index is -0.425. The predicted octanol–water partition coefficient (Wildman–Crippen LogP) is 3.59. The maximum absolute atomic E-state index is 12.5. The molecule has 0 aromatic heterocycles. The van der Waals surface area contributed by atoms with Crippen molar-refractivity contribution in [3.8, 4) is 0 Å². The fourth-order valence-electron chi connectivity index (χ4n) is 2.80. The zero-order valence-electron chi connectivity index (χ0n) is 13.1. The second kappa shape index (κ2) is 6.12. The molecule has 2 aromatic carbocycles. The van der Waals surface area contributed by atoms with E-state index in [1.165, 1.54) is 7.11 Å². The normalized spacial score (nSPS) is 12.8. The molecular weight excluding hydrogens is 292 g/mol. The van der Waals surface area contributed by atoms with Crippen molar-refractivity contribution in [1.82, 2.24) is 0 Å². The van der Waals surface area contributed by atoms with Gasteiger partial charge in [0.05, 0.1) is 35.3 Å². The Kier molecular flexibility index (Phi) is 4.02. The smallest absolute Gasteiger partial charge is 0.337 e. The number of ether oxygens (including phenoxy) is 1. The Labute approximate surface area is 134 Å². The van der Waals surface area contributed by atoms with E-state index in [0.29, 0.717) is 16.8 Å². The third-order valence-corrected chi connectivity index (χ3v) is 3.84. The number of esters is 1. The van der Waals surface area contributed by atoms with Crippen LogP contribution in [0, 0.1) is 0 Å². The number of amides is 1. The summed E-state index contributed by atoms with van der Waals surface area (Å²) in [6.07, 6.45) is 0.931. The zero-order chi connectivity index (χ0) is 16.4. The number of hydrogen-bond donors (Lipinski definition) is 1. The van der Waals surface area contributed by atoms with Crippen molar-refractivity contribution < 1.29 is 14.3 Å². The quantitative estimate of drug-likeness (QED) is 0.880. The number of carbonyl (C=O) groups is 2. The van der Waals surface area contributed by atoms with Gasteiger partial charge in [0.2, 0.25) is 0 Å². The Morgan fingerprint density at radius 2 is 1.96 bits per heavy atom. The first-order valence-corrected chi connectivity index (χ1v) is 7.56. The number of hydrogen-bond acceptors (Lipinski definition) is 4. The van der Waals surface area contributed by atoms with Gasteiger partial charge in [-0.15, -0.1) is 0 Å². The van der Waals surface area contributed by atoms with Crippen molar-refractivity contribution in [1.29, 1.82) is 0 Å². The van der Waals surface area contributed by atoms with Gasteiger partial charge in [-0.3, -0.25) is 4.79 Å². The molecule has 0 unspecified atom stereocenters. The molecule has 1 aliphatic heterocycles. The first-order chi connectivity index (χ1) is 11.2. The molecule has 0 aliphatic carbocycles. The highest BCUT2D eigenvalue weighted by Crippen LogP contribution is 2.38. The average Bonchev–Trinajstić information content (AvgIpc) is 2.69. The van der Waals surface area contributed by atoms with Crippen LogP contribution in [0.1, 0.15) is 34.1 Å². The SMILES string of the molecule is CCCN1c2ccc(C(=O)OC)cc2NC(=O)c2ccccc21. The van der Waals surface area contributed by atoms with Crippen molar-refractivity contribution in [2.75, 3.05) is 23.9 Å². The summed E-state index contributed by atoms with van der Waals surface area (Å²) in [5.74, 6) is -0.603. The van der Waals surface area contributed by atoms with Crippen LogP contribution in [0.2, 0.25) is 0 Å². The third kappa shape index (κ3) is 2.65. The van der Waals surface area contributed by atoms with E-state index in [0.717, 1.165) is 24.3 Å². The number of rotatable bonds is 3. The standard InChI is InChI=1S/C18H18N2O3/c1-3-10-20-15-7-5-4-6-13(15)17(21)19-14-11-12(18(22)23-2)8-9-16(14)20/h4-9,11H,3,10H2,1-2H3,(H,19,21). The van der Waals surface area contributed by atoms with Gasteiger partial charge in [-0.1, -0.05) is 19.1 Å². The van der Waals surface area contributed by atoms with E-state index in [2.05, 4.69) is 17.1 Å². The van der Waals surface area contributed by atoms with Crippen LogP contribution in [-0.4, -0.2) is 25.5 Å². The lowest BCUT2D eigenvalue weighted by Crippen LogP contribution is -2.19. The lowest BCUT2D eigenvalue weighted by Gasteiger charge is -2.25. The largest absolute Gasteiger partial charge is 0.465 e. The first kappa shape index (κ1) is 15.1. The Bertz CT molecular complexity index is 771. The van der Waals surface area contributed by atoms with Gasteiger partial charge in [0.1, 0.15) is 0 Å². The van der Waals surface area contributed by atoms with Crippen LogP contribution >= 0.6 is 0 Å². The molecule has 1 amide bonds. The molecule has 0 fully saturated rings. The number of methoxy groups -OCH3 is 1. The lowest BCUT2D eigenvalue weighted by molar-refractivity contribution is 0.0600. The molecular formula is C18H18N2O3.